The Morgan fingerprint density at radius 2 is 1.76 bits per heavy atom. The number of benzene rings is 2. The van der Waals surface area contributed by atoms with E-state index in [0.717, 1.165) is 12.1 Å². The number of hydrogen-bond acceptors (Lipinski definition) is 1. The number of aromatic nitrogens is 1. The highest BCUT2D eigenvalue weighted by Crippen LogP contribution is 2.22. The maximum Gasteiger partial charge on any atom is 0.217 e. The lowest BCUT2D eigenvalue weighted by atomic mass is 10.2. The van der Waals surface area contributed by atoms with E-state index >= 15 is 0 Å². The first-order valence-corrected chi connectivity index (χ1v) is 7.09. The number of carbonyl (C=O) groups is 1. The zero-order valence-electron chi connectivity index (χ0n) is 12.0. The lowest BCUT2D eigenvalue weighted by Crippen LogP contribution is -2.18. The van der Waals surface area contributed by atoms with Crippen LogP contribution in [0.15, 0.2) is 60.8 Å². The van der Waals surface area contributed by atoms with Crippen LogP contribution in [0.5, 0.6) is 0 Å². The Hall–Kier alpha value is -2.55. The maximum absolute atomic E-state index is 11.1. The summed E-state index contributed by atoms with van der Waals surface area (Å²) in [5, 5.41) is 4.08. The molecule has 3 aromatic rings. The monoisotopic (exact) mass is 278 g/mol. The molecule has 0 saturated carbocycles. The van der Waals surface area contributed by atoms with Crippen molar-refractivity contribution in [1.82, 2.24) is 9.88 Å². The van der Waals surface area contributed by atoms with E-state index in [2.05, 4.69) is 52.5 Å². The van der Waals surface area contributed by atoms with Gasteiger partial charge in [0.1, 0.15) is 0 Å². The lowest BCUT2D eigenvalue weighted by Gasteiger charge is -2.05. The lowest BCUT2D eigenvalue weighted by molar-refractivity contribution is -0.119. The Balaban J connectivity index is 1.96. The minimum atomic E-state index is -0.00473. The fourth-order valence-electron chi connectivity index (χ4n) is 2.59. The molecule has 0 aliphatic rings. The molecular formula is C18H18N2O. The van der Waals surface area contributed by atoms with Crippen molar-refractivity contribution >= 4 is 16.8 Å². The molecule has 0 saturated heterocycles. The summed E-state index contributed by atoms with van der Waals surface area (Å²) in [5.41, 5.74) is 3.61. The molecule has 21 heavy (non-hydrogen) atoms. The van der Waals surface area contributed by atoms with Crippen LogP contribution in [0.4, 0.5) is 0 Å². The second kappa shape index (κ2) is 5.83. The van der Waals surface area contributed by atoms with Gasteiger partial charge in [0.05, 0.1) is 0 Å². The van der Waals surface area contributed by atoms with Crippen LogP contribution in [0.3, 0.4) is 0 Å². The van der Waals surface area contributed by atoms with Crippen molar-refractivity contribution in [2.24, 2.45) is 0 Å². The van der Waals surface area contributed by atoms with Crippen molar-refractivity contribution in [3.8, 4) is 0 Å². The summed E-state index contributed by atoms with van der Waals surface area (Å²) in [5.74, 6) is -0.00473. The molecule has 0 bridgehead atoms. The van der Waals surface area contributed by atoms with Gasteiger partial charge >= 0.3 is 0 Å². The van der Waals surface area contributed by atoms with Crippen molar-refractivity contribution in [1.29, 1.82) is 0 Å². The van der Waals surface area contributed by atoms with Gasteiger partial charge in [-0.1, -0.05) is 48.5 Å². The molecular weight excluding hydrogens is 260 g/mol. The highest BCUT2D eigenvalue weighted by Gasteiger charge is 2.08. The van der Waals surface area contributed by atoms with Crippen molar-refractivity contribution in [3.05, 3.63) is 71.9 Å². The van der Waals surface area contributed by atoms with Gasteiger partial charge in [-0.3, -0.25) is 4.79 Å². The van der Waals surface area contributed by atoms with Crippen LogP contribution in [0.1, 0.15) is 18.1 Å². The van der Waals surface area contributed by atoms with Crippen LogP contribution in [0, 0.1) is 0 Å². The highest BCUT2D eigenvalue weighted by molar-refractivity contribution is 5.84. The Morgan fingerprint density at radius 3 is 2.52 bits per heavy atom. The van der Waals surface area contributed by atoms with Crippen molar-refractivity contribution in [2.45, 2.75) is 20.0 Å². The molecule has 2 aromatic carbocycles. The first kappa shape index (κ1) is 13.4. The van der Waals surface area contributed by atoms with Crippen LogP contribution in [0.2, 0.25) is 0 Å². The molecule has 1 N–H and O–H groups in total. The first-order chi connectivity index (χ1) is 10.2. The average molecular weight is 278 g/mol. The van der Waals surface area contributed by atoms with Crippen LogP contribution >= 0.6 is 0 Å². The molecule has 0 unspecified atom stereocenters. The number of hydrogen-bond donors (Lipinski definition) is 1. The van der Waals surface area contributed by atoms with Crippen LogP contribution in [-0.4, -0.2) is 10.5 Å². The zero-order valence-corrected chi connectivity index (χ0v) is 12.0. The summed E-state index contributed by atoms with van der Waals surface area (Å²) in [4.78, 5) is 11.1. The smallest absolute Gasteiger partial charge is 0.217 e. The Bertz CT molecular complexity index is 759. The summed E-state index contributed by atoms with van der Waals surface area (Å²) < 4.78 is 2.24. The van der Waals surface area contributed by atoms with E-state index in [1.807, 2.05) is 18.2 Å². The number of amides is 1. The summed E-state index contributed by atoms with van der Waals surface area (Å²) in [7, 11) is 0. The third-order valence-electron chi connectivity index (χ3n) is 3.59. The summed E-state index contributed by atoms with van der Waals surface area (Å²) in [6.45, 7) is 2.95. The van der Waals surface area contributed by atoms with Gasteiger partial charge in [0.15, 0.2) is 0 Å². The molecule has 0 aliphatic carbocycles. The molecule has 106 valence electrons. The fraction of sp³-hybridized carbons (Fsp3) is 0.167. The third-order valence-corrected chi connectivity index (χ3v) is 3.59. The Labute approximate surface area is 124 Å². The quantitative estimate of drug-likeness (QED) is 0.780. The van der Waals surface area contributed by atoms with Crippen molar-refractivity contribution in [2.75, 3.05) is 0 Å². The number of nitrogens with one attached hydrogen (secondary N) is 1. The highest BCUT2D eigenvalue weighted by atomic mass is 16.1. The van der Waals surface area contributed by atoms with E-state index in [1.165, 1.54) is 16.5 Å². The molecule has 0 fully saturated rings. The van der Waals surface area contributed by atoms with E-state index in [0.29, 0.717) is 6.54 Å². The van der Waals surface area contributed by atoms with Crippen molar-refractivity contribution < 1.29 is 4.79 Å². The Morgan fingerprint density at radius 1 is 1.05 bits per heavy atom. The minimum Gasteiger partial charge on any atom is -0.352 e. The van der Waals surface area contributed by atoms with Gasteiger partial charge in [0, 0.05) is 37.1 Å². The van der Waals surface area contributed by atoms with Crippen molar-refractivity contribution in [3.63, 3.8) is 0 Å². The van der Waals surface area contributed by atoms with Crippen LogP contribution < -0.4 is 5.32 Å². The predicted molar refractivity (Wildman–Crippen MR) is 85.0 cm³/mol. The largest absolute Gasteiger partial charge is 0.352 e. The van der Waals surface area contributed by atoms with Gasteiger partial charge < -0.3 is 9.88 Å². The minimum absolute atomic E-state index is 0.00473. The van der Waals surface area contributed by atoms with Gasteiger partial charge in [-0.15, -0.1) is 0 Å². The topological polar surface area (TPSA) is 34.0 Å². The van der Waals surface area contributed by atoms with E-state index in [-0.39, 0.29) is 5.91 Å². The van der Waals surface area contributed by atoms with E-state index in [4.69, 9.17) is 0 Å². The van der Waals surface area contributed by atoms with Gasteiger partial charge in [-0.2, -0.15) is 0 Å². The fourth-order valence-corrected chi connectivity index (χ4v) is 2.59. The van der Waals surface area contributed by atoms with Crippen LogP contribution in [-0.2, 0) is 17.9 Å². The normalized spacial score (nSPS) is 10.7. The standard InChI is InChI=1S/C18H18N2O/c1-14(21)19-11-16-13-20(12-15-7-3-2-4-8-15)18-10-6-5-9-17(16)18/h2-10,13H,11-12H2,1H3,(H,19,21). The molecule has 0 aliphatic heterocycles. The van der Waals surface area contributed by atoms with Gasteiger partial charge in [-0.25, -0.2) is 0 Å². The zero-order chi connectivity index (χ0) is 14.7. The third kappa shape index (κ3) is 2.97. The summed E-state index contributed by atoms with van der Waals surface area (Å²) >= 11 is 0. The second-order valence-electron chi connectivity index (χ2n) is 5.19. The maximum atomic E-state index is 11.1. The molecule has 1 aromatic heterocycles. The molecule has 0 spiro atoms. The molecule has 1 heterocycles. The van der Waals surface area contributed by atoms with E-state index in [1.54, 1.807) is 6.92 Å². The first-order valence-electron chi connectivity index (χ1n) is 7.09. The number of nitrogens with zero attached hydrogens (tertiary/aromatic N) is 1. The summed E-state index contributed by atoms with van der Waals surface area (Å²) in [6.07, 6.45) is 2.13. The molecule has 3 rings (SSSR count). The van der Waals surface area contributed by atoms with Gasteiger partial charge in [-0.05, 0) is 17.2 Å². The molecule has 1 amide bonds. The van der Waals surface area contributed by atoms with E-state index in [9.17, 15) is 4.79 Å². The van der Waals surface area contributed by atoms with Gasteiger partial charge in [0.25, 0.3) is 0 Å². The molecule has 3 nitrogen and oxygen atoms in total. The number of carbonyl (C=O) groups excluding carboxylic acids is 1. The molecule has 0 atom stereocenters. The van der Waals surface area contributed by atoms with Crippen LogP contribution in [0.25, 0.3) is 10.9 Å². The summed E-state index contributed by atoms with van der Waals surface area (Å²) in [6, 6.07) is 18.7. The number of fused-ring (bicyclic) bond motifs is 1. The van der Waals surface area contributed by atoms with E-state index < -0.39 is 0 Å². The molecule has 3 heteroatoms. The van der Waals surface area contributed by atoms with Gasteiger partial charge in [0.2, 0.25) is 5.91 Å². The average Bonchev–Trinajstić information content (AvgIpc) is 2.85. The number of para-hydroxylation sites is 1. The SMILES string of the molecule is CC(=O)NCc1cn(Cc2ccccc2)c2ccccc12. The molecule has 0 radical (unpaired) electrons. The number of rotatable bonds is 4. The predicted octanol–water partition coefficient (Wildman–Crippen LogP) is 3.33. The second-order valence-corrected chi connectivity index (χ2v) is 5.19. The Kier molecular flexibility index (Phi) is 3.73.